The van der Waals surface area contributed by atoms with Crippen molar-refractivity contribution in [2.75, 3.05) is 6.54 Å². The van der Waals surface area contributed by atoms with Crippen LogP contribution in [0.15, 0.2) is 15.9 Å². The highest BCUT2D eigenvalue weighted by molar-refractivity contribution is 9.10. The molecule has 2 bridgehead atoms. The number of nitrogens with two attached hydrogens (primary N) is 1. The fraction of sp³-hybridized carbons (Fsp3) is 0.692. The van der Waals surface area contributed by atoms with Crippen molar-refractivity contribution in [1.82, 2.24) is 0 Å². The molecule has 0 aliphatic heterocycles. The molecule has 1 aromatic rings. The maximum absolute atomic E-state index is 10.8. The number of thiophene rings is 1. The summed E-state index contributed by atoms with van der Waals surface area (Å²) in [5, 5.41) is 12.8. The van der Waals surface area contributed by atoms with Gasteiger partial charge in [0.1, 0.15) is 0 Å². The van der Waals surface area contributed by atoms with E-state index in [0.29, 0.717) is 12.5 Å². The Kier molecular flexibility index (Phi) is 3.10. The topological polar surface area (TPSA) is 46.2 Å². The summed E-state index contributed by atoms with van der Waals surface area (Å²) in [6.07, 6.45) is 4.58. The van der Waals surface area contributed by atoms with Crippen LogP contribution in [0.4, 0.5) is 0 Å². The van der Waals surface area contributed by atoms with Crippen molar-refractivity contribution in [3.8, 4) is 0 Å². The molecule has 4 heteroatoms. The summed E-state index contributed by atoms with van der Waals surface area (Å²) in [6, 6.07) is 2.01. The van der Waals surface area contributed by atoms with E-state index in [1.54, 1.807) is 11.3 Å². The molecular weight excluding hydrogens is 298 g/mol. The third-order valence-corrected chi connectivity index (χ3v) is 6.76. The molecule has 2 fully saturated rings. The van der Waals surface area contributed by atoms with Gasteiger partial charge in [-0.05, 0) is 58.5 Å². The lowest BCUT2D eigenvalue weighted by Crippen LogP contribution is -2.41. The van der Waals surface area contributed by atoms with Gasteiger partial charge < -0.3 is 10.8 Å². The van der Waals surface area contributed by atoms with Gasteiger partial charge in [-0.3, -0.25) is 0 Å². The van der Waals surface area contributed by atoms with Gasteiger partial charge in [0.2, 0.25) is 0 Å². The smallest absolute Gasteiger partial charge is 0.0964 e. The predicted octanol–water partition coefficient (Wildman–Crippen LogP) is 3.31. The van der Waals surface area contributed by atoms with Gasteiger partial charge in [-0.2, -0.15) is 0 Å². The maximum Gasteiger partial charge on any atom is 0.0964 e. The van der Waals surface area contributed by atoms with E-state index < -0.39 is 6.10 Å². The Morgan fingerprint density at radius 2 is 2.41 bits per heavy atom. The van der Waals surface area contributed by atoms with Crippen molar-refractivity contribution in [2.24, 2.45) is 23.0 Å². The molecule has 1 aromatic heterocycles. The zero-order valence-electron chi connectivity index (χ0n) is 9.73. The Balaban J connectivity index is 1.94. The zero-order chi connectivity index (χ0) is 12.0. The molecule has 0 saturated heterocycles. The number of aliphatic hydroxyl groups excluding tert-OH is 1. The molecule has 1 heterocycles. The molecule has 2 nitrogen and oxygen atoms in total. The first-order valence-corrected chi connectivity index (χ1v) is 7.95. The first kappa shape index (κ1) is 12.2. The van der Waals surface area contributed by atoms with Crippen molar-refractivity contribution in [1.29, 1.82) is 0 Å². The molecule has 4 atom stereocenters. The van der Waals surface area contributed by atoms with E-state index in [9.17, 15) is 5.11 Å². The van der Waals surface area contributed by atoms with Gasteiger partial charge in [-0.1, -0.05) is 6.42 Å². The highest BCUT2D eigenvalue weighted by Gasteiger charge is 2.54. The SMILES string of the molecule is NCC1(C(O)c2sccc2Br)CC2CCC1C2. The quantitative estimate of drug-likeness (QED) is 0.899. The number of hydrogen-bond acceptors (Lipinski definition) is 3. The van der Waals surface area contributed by atoms with Crippen LogP contribution < -0.4 is 5.73 Å². The van der Waals surface area contributed by atoms with Gasteiger partial charge in [0.25, 0.3) is 0 Å². The maximum atomic E-state index is 10.8. The number of halogens is 1. The highest BCUT2D eigenvalue weighted by Crippen LogP contribution is 2.61. The van der Waals surface area contributed by atoms with E-state index in [1.165, 1.54) is 19.3 Å². The molecule has 94 valence electrons. The van der Waals surface area contributed by atoms with Crippen LogP contribution in [0.3, 0.4) is 0 Å². The molecule has 4 unspecified atom stereocenters. The van der Waals surface area contributed by atoms with E-state index >= 15 is 0 Å². The summed E-state index contributed by atoms with van der Waals surface area (Å²) in [6.45, 7) is 0.611. The molecule has 3 N–H and O–H groups in total. The second-order valence-corrected chi connectivity index (χ2v) is 7.35. The summed E-state index contributed by atoms with van der Waals surface area (Å²) in [5.74, 6) is 1.43. The number of hydrogen-bond donors (Lipinski definition) is 2. The lowest BCUT2D eigenvalue weighted by Gasteiger charge is -2.40. The number of aliphatic hydroxyl groups is 1. The van der Waals surface area contributed by atoms with Gasteiger partial charge in [0.05, 0.1) is 6.10 Å². The summed E-state index contributed by atoms with van der Waals surface area (Å²) >= 11 is 5.16. The van der Waals surface area contributed by atoms with Gasteiger partial charge in [-0.25, -0.2) is 0 Å². The highest BCUT2D eigenvalue weighted by atomic mass is 79.9. The van der Waals surface area contributed by atoms with Crippen LogP contribution >= 0.6 is 27.3 Å². The third-order valence-electron chi connectivity index (χ3n) is 4.84. The monoisotopic (exact) mass is 315 g/mol. The lowest BCUT2D eigenvalue weighted by molar-refractivity contribution is -0.0111. The first-order valence-electron chi connectivity index (χ1n) is 6.28. The van der Waals surface area contributed by atoms with Crippen molar-refractivity contribution < 1.29 is 5.11 Å². The van der Waals surface area contributed by atoms with Crippen LogP contribution in [0.25, 0.3) is 0 Å². The molecule has 0 amide bonds. The van der Waals surface area contributed by atoms with Crippen LogP contribution in [0.2, 0.25) is 0 Å². The fourth-order valence-corrected chi connectivity index (χ4v) is 5.64. The fourth-order valence-electron chi connectivity index (χ4n) is 3.94. The van der Waals surface area contributed by atoms with Crippen molar-refractivity contribution >= 4 is 27.3 Å². The summed E-state index contributed by atoms with van der Waals surface area (Å²) in [4.78, 5) is 1.06. The molecule has 2 saturated carbocycles. The minimum Gasteiger partial charge on any atom is -0.387 e. The molecular formula is C13H18BrNOS. The Bertz CT molecular complexity index is 421. The largest absolute Gasteiger partial charge is 0.387 e. The molecule has 0 spiro atoms. The van der Waals surface area contributed by atoms with E-state index in [2.05, 4.69) is 15.9 Å². The third kappa shape index (κ3) is 1.72. The van der Waals surface area contributed by atoms with Crippen molar-refractivity contribution in [3.63, 3.8) is 0 Å². The second kappa shape index (κ2) is 4.34. The summed E-state index contributed by atoms with van der Waals surface area (Å²) in [7, 11) is 0. The Hall–Kier alpha value is 0.100. The van der Waals surface area contributed by atoms with Crippen molar-refractivity contribution in [2.45, 2.75) is 31.8 Å². The normalized spacial score (nSPS) is 37.6. The zero-order valence-corrected chi connectivity index (χ0v) is 12.1. The Labute approximate surface area is 114 Å². The molecule has 2 aliphatic carbocycles. The van der Waals surface area contributed by atoms with E-state index in [1.807, 2.05) is 11.4 Å². The Morgan fingerprint density at radius 1 is 1.59 bits per heavy atom. The van der Waals surface area contributed by atoms with Crippen LogP contribution in [-0.4, -0.2) is 11.7 Å². The van der Waals surface area contributed by atoms with Gasteiger partial charge in [0, 0.05) is 21.3 Å². The number of rotatable bonds is 3. The molecule has 3 rings (SSSR count). The lowest BCUT2D eigenvalue weighted by atomic mass is 9.69. The minimum atomic E-state index is -0.392. The van der Waals surface area contributed by atoms with Gasteiger partial charge in [-0.15, -0.1) is 11.3 Å². The van der Waals surface area contributed by atoms with Gasteiger partial charge in [0.15, 0.2) is 0 Å². The molecule has 0 aromatic carbocycles. The van der Waals surface area contributed by atoms with E-state index in [4.69, 9.17) is 5.73 Å². The van der Waals surface area contributed by atoms with Crippen molar-refractivity contribution in [3.05, 3.63) is 20.8 Å². The van der Waals surface area contributed by atoms with Crippen LogP contribution in [-0.2, 0) is 0 Å². The standard InChI is InChI=1S/C13H18BrNOS/c14-10-3-4-17-11(10)12(16)13(7-15)6-8-1-2-9(13)5-8/h3-4,8-9,12,16H,1-2,5-7,15H2. The molecule has 0 radical (unpaired) electrons. The van der Waals surface area contributed by atoms with E-state index in [-0.39, 0.29) is 5.41 Å². The van der Waals surface area contributed by atoms with Crippen LogP contribution in [0.1, 0.15) is 36.7 Å². The average Bonchev–Trinajstić information content (AvgIpc) is 3.02. The van der Waals surface area contributed by atoms with Gasteiger partial charge >= 0.3 is 0 Å². The number of fused-ring (bicyclic) bond motifs is 2. The van der Waals surface area contributed by atoms with Crippen LogP contribution in [0.5, 0.6) is 0 Å². The Morgan fingerprint density at radius 3 is 2.88 bits per heavy atom. The molecule has 2 aliphatic rings. The minimum absolute atomic E-state index is 0.0592. The van der Waals surface area contributed by atoms with Crippen LogP contribution in [0, 0.1) is 17.3 Å². The van der Waals surface area contributed by atoms with E-state index in [0.717, 1.165) is 21.7 Å². The first-order chi connectivity index (χ1) is 8.17. The average molecular weight is 316 g/mol. The summed E-state index contributed by atoms with van der Waals surface area (Å²) in [5.41, 5.74) is 5.98. The molecule has 17 heavy (non-hydrogen) atoms. The second-order valence-electron chi connectivity index (χ2n) is 5.55. The predicted molar refractivity (Wildman–Crippen MR) is 73.9 cm³/mol. The summed E-state index contributed by atoms with van der Waals surface area (Å²) < 4.78 is 1.03.